The van der Waals surface area contributed by atoms with Gasteiger partial charge in [-0.3, -0.25) is 4.98 Å². The molecule has 2 nitrogen and oxygen atoms in total. The van der Waals surface area contributed by atoms with Crippen molar-refractivity contribution in [1.82, 2.24) is 4.98 Å². The van der Waals surface area contributed by atoms with Crippen molar-refractivity contribution in [3.8, 4) is 22.4 Å². The molecule has 0 fully saturated rings. The Balaban J connectivity index is 2.01. The molecule has 0 radical (unpaired) electrons. The molecule has 1 aromatic carbocycles. The number of nitrogens with zero attached hydrogens (tertiary/aromatic N) is 2. The Morgan fingerprint density at radius 3 is 2.65 bits per heavy atom. The molecule has 2 heteroatoms. The molecule has 26 heavy (non-hydrogen) atoms. The maximum atomic E-state index is 8.45. The Morgan fingerprint density at radius 1 is 1.12 bits per heavy atom. The highest BCUT2D eigenvalue weighted by atomic mass is 14.9. The molecule has 0 unspecified atom stereocenters. The van der Waals surface area contributed by atoms with Crippen LogP contribution in [0.3, 0.4) is 0 Å². The molecule has 0 saturated heterocycles. The zero-order valence-electron chi connectivity index (χ0n) is 20.1. The Bertz CT molecular complexity index is 1170. The van der Waals surface area contributed by atoms with Crippen LogP contribution in [0, 0.1) is 20.7 Å². The molecule has 3 aromatic rings. The first-order valence-electron chi connectivity index (χ1n) is 11.0. The number of aromatic nitrogens is 2. The van der Waals surface area contributed by atoms with E-state index in [1.165, 1.54) is 0 Å². The number of benzene rings is 1. The van der Waals surface area contributed by atoms with E-state index < -0.39 is 12.7 Å². The summed E-state index contributed by atoms with van der Waals surface area (Å²) in [6, 6.07) is 9.86. The summed E-state index contributed by atoms with van der Waals surface area (Å²) in [7, 11) is 2.01. The smallest absolute Gasteiger partial charge is 0.213 e. The van der Waals surface area contributed by atoms with Crippen LogP contribution in [0.25, 0.3) is 22.4 Å². The van der Waals surface area contributed by atoms with Crippen molar-refractivity contribution in [2.75, 3.05) is 0 Å². The van der Waals surface area contributed by atoms with Crippen molar-refractivity contribution < 1.29 is 10.1 Å². The maximum absolute atomic E-state index is 8.45. The molecule has 0 N–H and O–H groups in total. The van der Waals surface area contributed by atoms with Crippen LogP contribution in [-0.2, 0) is 13.5 Å². The first-order chi connectivity index (χ1) is 13.9. The number of hydrogen-bond donors (Lipinski definition) is 0. The van der Waals surface area contributed by atoms with Gasteiger partial charge in [-0.05, 0) is 60.5 Å². The molecule has 0 aliphatic heterocycles. The number of hydrogen-bond acceptors (Lipinski definition) is 1. The highest BCUT2D eigenvalue weighted by Crippen LogP contribution is 2.43. The van der Waals surface area contributed by atoms with Gasteiger partial charge in [0.2, 0.25) is 5.69 Å². The van der Waals surface area contributed by atoms with E-state index in [1.54, 1.807) is 6.07 Å². The summed E-state index contributed by atoms with van der Waals surface area (Å²) in [6.07, 6.45) is 2.61. The lowest BCUT2D eigenvalue weighted by Gasteiger charge is -2.13. The van der Waals surface area contributed by atoms with Gasteiger partial charge in [0.1, 0.15) is 7.05 Å². The third-order valence-electron chi connectivity index (χ3n) is 5.34. The largest absolute Gasteiger partial charge is 0.257 e. The van der Waals surface area contributed by atoms with Crippen LogP contribution in [0.1, 0.15) is 58.9 Å². The van der Waals surface area contributed by atoms with Gasteiger partial charge in [-0.2, -0.15) is 0 Å². The van der Waals surface area contributed by atoms with Crippen LogP contribution in [0.15, 0.2) is 36.5 Å². The molecule has 1 aliphatic rings. The van der Waals surface area contributed by atoms with Gasteiger partial charge >= 0.3 is 0 Å². The summed E-state index contributed by atoms with van der Waals surface area (Å²) < 4.78 is 34.7. The van der Waals surface area contributed by atoms with Gasteiger partial charge < -0.3 is 0 Å². The van der Waals surface area contributed by atoms with Crippen molar-refractivity contribution >= 4 is 0 Å². The van der Waals surface area contributed by atoms with Crippen LogP contribution >= 0.6 is 0 Å². The van der Waals surface area contributed by atoms with Crippen molar-refractivity contribution in [3.63, 3.8) is 0 Å². The topological polar surface area (TPSA) is 16.8 Å². The number of rotatable bonds is 2. The summed E-state index contributed by atoms with van der Waals surface area (Å²) in [5.41, 5.74) is 8.99. The average molecular weight is 348 g/mol. The fourth-order valence-electron chi connectivity index (χ4n) is 4.00. The molecule has 1 aliphatic carbocycles. The molecular formula is C24H27N2+. The van der Waals surface area contributed by atoms with Gasteiger partial charge in [0, 0.05) is 35.3 Å². The summed E-state index contributed by atoms with van der Waals surface area (Å²) in [5.74, 6) is -0.703. The SMILES string of the molecule is [2H]C([2H])([2H])c1cc(C)nc2c1-c1ccc(C)c(-c3cc(C([2H])(C)C)cc[n+]3C)c1C2. The summed E-state index contributed by atoms with van der Waals surface area (Å²) in [4.78, 5) is 4.70. The lowest BCUT2D eigenvalue weighted by atomic mass is 9.92. The van der Waals surface area contributed by atoms with E-state index in [2.05, 4.69) is 23.6 Å². The molecule has 0 saturated carbocycles. The van der Waals surface area contributed by atoms with E-state index in [0.717, 1.165) is 50.5 Å². The molecular weight excluding hydrogens is 316 g/mol. The fraction of sp³-hybridized carbons (Fsp3) is 0.333. The monoisotopic (exact) mass is 347 g/mol. The summed E-state index contributed by atoms with van der Waals surface area (Å²) >= 11 is 0. The minimum atomic E-state index is -2.19. The van der Waals surface area contributed by atoms with Crippen LogP contribution in [0.5, 0.6) is 0 Å². The molecule has 0 amide bonds. The third-order valence-corrected chi connectivity index (χ3v) is 5.34. The third kappa shape index (κ3) is 2.56. The Morgan fingerprint density at radius 2 is 1.92 bits per heavy atom. The Kier molecular flexibility index (Phi) is 2.98. The zero-order chi connectivity index (χ0) is 22.0. The van der Waals surface area contributed by atoms with E-state index in [9.17, 15) is 0 Å². The predicted octanol–water partition coefficient (Wildman–Crippen LogP) is 5.19. The van der Waals surface area contributed by atoms with Gasteiger partial charge in [0.25, 0.3) is 0 Å². The standard InChI is InChI=1S/C24H27N2/c1-14(2)18-9-10-26(6)22(12-18)24-15(3)7-8-19-20(24)13-21-23(19)16(4)11-17(5)25-21/h7-12,14H,13H2,1-6H3/q+1/i4D3,14D. The van der Waals surface area contributed by atoms with Crippen LogP contribution in [0.4, 0.5) is 0 Å². The van der Waals surface area contributed by atoms with Gasteiger partial charge in [-0.1, -0.05) is 26.0 Å². The number of aryl methyl sites for hydroxylation is 4. The normalized spacial score (nSPS) is 15.6. The first-order valence-corrected chi connectivity index (χ1v) is 9.02. The second-order valence-electron chi connectivity index (χ2n) is 7.50. The van der Waals surface area contributed by atoms with E-state index in [0.29, 0.717) is 12.0 Å². The van der Waals surface area contributed by atoms with Crippen molar-refractivity contribution in [3.05, 3.63) is 70.2 Å². The number of fused-ring (bicyclic) bond motifs is 3. The van der Waals surface area contributed by atoms with Gasteiger partial charge in [0.15, 0.2) is 6.20 Å². The average Bonchev–Trinajstić information content (AvgIpc) is 2.97. The van der Waals surface area contributed by atoms with E-state index in [1.807, 2.05) is 46.1 Å². The van der Waals surface area contributed by atoms with Crippen LogP contribution in [0.2, 0.25) is 0 Å². The lowest BCUT2D eigenvalue weighted by molar-refractivity contribution is -0.660. The van der Waals surface area contributed by atoms with E-state index in [-0.39, 0.29) is 0 Å². The maximum Gasteiger partial charge on any atom is 0.213 e. The molecule has 0 bridgehead atoms. The second-order valence-corrected chi connectivity index (χ2v) is 7.50. The van der Waals surface area contributed by atoms with E-state index in [4.69, 9.17) is 10.5 Å². The minimum Gasteiger partial charge on any atom is -0.257 e. The van der Waals surface area contributed by atoms with Crippen molar-refractivity contribution in [2.45, 2.75) is 46.9 Å². The zero-order valence-corrected chi connectivity index (χ0v) is 16.1. The molecule has 132 valence electrons. The second kappa shape index (κ2) is 6.05. The highest BCUT2D eigenvalue weighted by Gasteiger charge is 2.28. The first kappa shape index (κ1) is 12.8. The number of pyridine rings is 2. The minimum absolute atomic E-state index is 0.379. The van der Waals surface area contributed by atoms with Gasteiger partial charge in [-0.25, -0.2) is 4.57 Å². The van der Waals surface area contributed by atoms with Gasteiger partial charge in [0.05, 0.1) is 11.3 Å². The summed E-state index contributed by atoms with van der Waals surface area (Å²) in [6.45, 7) is 5.52. The van der Waals surface area contributed by atoms with Gasteiger partial charge in [-0.15, -0.1) is 0 Å². The quantitative estimate of drug-likeness (QED) is 0.456. The highest BCUT2D eigenvalue weighted by molar-refractivity contribution is 5.85. The molecule has 4 rings (SSSR count). The molecule has 0 atom stereocenters. The molecule has 2 heterocycles. The van der Waals surface area contributed by atoms with E-state index >= 15 is 0 Å². The summed E-state index contributed by atoms with van der Waals surface area (Å²) in [5, 5.41) is 0. The van der Waals surface area contributed by atoms with Crippen molar-refractivity contribution in [2.24, 2.45) is 7.05 Å². The predicted molar refractivity (Wildman–Crippen MR) is 107 cm³/mol. The lowest BCUT2D eigenvalue weighted by Crippen LogP contribution is -2.31. The molecule has 0 spiro atoms. The Hall–Kier alpha value is -2.48. The Labute approximate surface area is 162 Å². The molecule has 2 aromatic heterocycles. The van der Waals surface area contributed by atoms with Crippen LogP contribution in [-0.4, -0.2) is 4.98 Å². The van der Waals surface area contributed by atoms with Crippen molar-refractivity contribution in [1.29, 1.82) is 0 Å². The van der Waals surface area contributed by atoms with Crippen LogP contribution < -0.4 is 4.57 Å². The fourth-order valence-corrected chi connectivity index (χ4v) is 4.00.